The number of benzene rings is 2. The Kier molecular flexibility index (Phi) is 6.10. The number of urea groups is 1. The average molecular weight is 482 g/mol. The number of carbonyl (C=O) groups is 1. The molecule has 3 aromatic heterocycles. The summed E-state index contributed by atoms with van der Waals surface area (Å²) in [6.45, 7) is 1.39. The molecular formula is C28H31N7O. The number of imidazole rings is 1. The van der Waals surface area contributed by atoms with Crippen LogP contribution >= 0.6 is 0 Å². The standard InChI is InChI=1S/C27H27N7O.CH4/c1-29-27(35)33-13-10-18(11-14-33)26-32-23(24-25(28)30-12-15-34(24)26)21-16-19-8-5-9-20(22(19)31-21)17-6-3-2-4-7-17;/h2-9,12,15-16,18,31H,10-11,13-14H2,1H3,(H2,28,30)(H,29,35);1H4. The number of carbonyl (C=O) groups excluding carboxylic acids is 1. The number of aromatic amines is 1. The maximum atomic E-state index is 12.0. The second-order valence-electron chi connectivity index (χ2n) is 8.99. The summed E-state index contributed by atoms with van der Waals surface area (Å²) < 4.78 is 2.07. The van der Waals surface area contributed by atoms with E-state index in [0.717, 1.165) is 57.6 Å². The van der Waals surface area contributed by atoms with Gasteiger partial charge in [0.05, 0.1) is 11.2 Å². The van der Waals surface area contributed by atoms with Gasteiger partial charge in [-0.1, -0.05) is 56.0 Å². The number of hydrogen-bond acceptors (Lipinski definition) is 4. The minimum Gasteiger partial charge on any atom is -0.382 e. The number of anilines is 1. The van der Waals surface area contributed by atoms with Crippen molar-refractivity contribution in [2.75, 3.05) is 25.9 Å². The Morgan fingerprint density at radius 3 is 2.64 bits per heavy atom. The molecule has 5 aromatic rings. The molecule has 2 amide bonds. The van der Waals surface area contributed by atoms with Gasteiger partial charge in [0.15, 0.2) is 0 Å². The van der Waals surface area contributed by atoms with Crippen LogP contribution in [0.1, 0.15) is 32.0 Å². The van der Waals surface area contributed by atoms with Crippen LogP contribution in [0.15, 0.2) is 67.0 Å². The fourth-order valence-corrected chi connectivity index (χ4v) is 5.20. The second-order valence-corrected chi connectivity index (χ2v) is 8.99. The van der Waals surface area contributed by atoms with Gasteiger partial charge in [-0.05, 0) is 24.5 Å². The second kappa shape index (κ2) is 9.37. The fraction of sp³-hybridized carbons (Fsp3) is 0.250. The third kappa shape index (κ3) is 3.84. The van der Waals surface area contributed by atoms with Gasteiger partial charge in [0.25, 0.3) is 0 Å². The number of para-hydroxylation sites is 1. The Hall–Kier alpha value is -4.33. The number of fused-ring (bicyclic) bond motifs is 2. The Balaban J connectivity index is 0.00000267. The highest BCUT2D eigenvalue weighted by molar-refractivity contribution is 5.98. The number of piperidine rings is 1. The molecular weight excluding hydrogens is 450 g/mol. The van der Waals surface area contributed by atoms with E-state index in [9.17, 15) is 4.79 Å². The lowest BCUT2D eigenvalue weighted by molar-refractivity contribution is 0.182. The highest BCUT2D eigenvalue weighted by Crippen LogP contribution is 2.37. The van der Waals surface area contributed by atoms with Gasteiger partial charge >= 0.3 is 6.03 Å². The molecule has 1 aliphatic heterocycles. The summed E-state index contributed by atoms with van der Waals surface area (Å²) in [6, 6.07) is 18.8. The van der Waals surface area contributed by atoms with Crippen LogP contribution in [0.4, 0.5) is 10.6 Å². The molecule has 4 N–H and O–H groups in total. The molecule has 1 fully saturated rings. The summed E-state index contributed by atoms with van der Waals surface area (Å²) in [5.41, 5.74) is 12.3. The van der Waals surface area contributed by atoms with Gasteiger partial charge < -0.3 is 20.9 Å². The molecule has 2 aromatic carbocycles. The molecule has 1 aliphatic rings. The van der Waals surface area contributed by atoms with Crippen molar-refractivity contribution >= 4 is 28.3 Å². The smallest absolute Gasteiger partial charge is 0.317 e. The molecule has 0 atom stereocenters. The Morgan fingerprint density at radius 2 is 1.89 bits per heavy atom. The number of amides is 2. The molecule has 4 heterocycles. The van der Waals surface area contributed by atoms with Crippen molar-refractivity contribution in [3.05, 3.63) is 72.8 Å². The predicted molar refractivity (Wildman–Crippen MR) is 145 cm³/mol. The molecule has 184 valence electrons. The molecule has 36 heavy (non-hydrogen) atoms. The Morgan fingerprint density at radius 1 is 1.11 bits per heavy atom. The zero-order chi connectivity index (χ0) is 23.9. The molecule has 0 bridgehead atoms. The molecule has 0 unspecified atom stereocenters. The molecule has 6 rings (SSSR count). The third-order valence-electron chi connectivity index (χ3n) is 6.97. The molecule has 1 saturated heterocycles. The topological polar surface area (TPSA) is 104 Å². The molecule has 0 aliphatic carbocycles. The van der Waals surface area contributed by atoms with Gasteiger partial charge in [0.1, 0.15) is 22.9 Å². The van der Waals surface area contributed by atoms with Crippen LogP contribution in [-0.2, 0) is 0 Å². The van der Waals surface area contributed by atoms with Crippen molar-refractivity contribution in [1.82, 2.24) is 29.6 Å². The first-order valence-corrected chi connectivity index (χ1v) is 11.9. The van der Waals surface area contributed by atoms with E-state index in [0.29, 0.717) is 18.9 Å². The maximum Gasteiger partial charge on any atom is 0.317 e. The van der Waals surface area contributed by atoms with Gasteiger partial charge in [0, 0.05) is 49.4 Å². The quantitative estimate of drug-likeness (QED) is 0.326. The van der Waals surface area contributed by atoms with E-state index in [2.05, 4.69) is 68.2 Å². The van der Waals surface area contributed by atoms with Gasteiger partial charge in [-0.15, -0.1) is 0 Å². The van der Waals surface area contributed by atoms with E-state index < -0.39 is 0 Å². The molecule has 8 heteroatoms. The number of nitrogens with two attached hydrogens (primary N) is 1. The van der Waals surface area contributed by atoms with Gasteiger partial charge in [-0.25, -0.2) is 14.8 Å². The van der Waals surface area contributed by atoms with Crippen LogP contribution in [0.5, 0.6) is 0 Å². The molecule has 0 saturated carbocycles. The Bertz CT molecular complexity index is 1530. The number of likely N-dealkylation sites (tertiary alicyclic amines) is 1. The van der Waals surface area contributed by atoms with E-state index in [1.807, 2.05) is 17.2 Å². The lowest BCUT2D eigenvalue weighted by Crippen LogP contribution is -2.42. The van der Waals surface area contributed by atoms with Crippen LogP contribution < -0.4 is 11.1 Å². The first-order valence-electron chi connectivity index (χ1n) is 11.9. The zero-order valence-corrected chi connectivity index (χ0v) is 19.5. The fourth-order valence-electron chi connectivity index (χ4n) is 5.20. The minimum absolute atomic E-state index is 0. The number of nitrogens with zero attached hydrogens (tertiary/aromatic N) is 4. The lowest BCUT2D eigenvalue weighted by Gasteiger charge is -2.31. The van der Waals surface area contributed by atoms with Crippen molar-refractivity contribution < 1.29 is 4.79 Å². The van der Waals surface area contributed by atoms with E-state index >= 15 is 0 Å². The number of aromatic nitrogens is 4. The number of H-pyrrole nitrogens is 1. The maximum absolute atomic E-state index is 12.0. The van der Waals surface area contributed by atoms with Crippen molar-refractivity contribution in [2.45, 2.75) is 26.2 Å². The highest BCUT2D eigenvalue weighted by Gasteiger charge is 2.28. The van der Waals surface area contributed by atoms with Crippen LogP contribution in [0.2, 0.25) is 0 Å². The minimum atomic E-state index is -0.0298. The first kappa shape index (κ1) is 23.4. The summed E-state index contributed by atoms with van der Waals surface area (Å²) in [6.07, 6.45) is 5.34. The predicted octanol–water partition coefficient (Wildman–Crippen LogP) is 5.28. The van der Waals surface area contributed by atoms with E-state index in [1.165, 1.54) is 0 Å². The van der Waals surface area contributed by atoms with Gasteiger partial charge in [-0.2, -0.15) is 0 Å². The van der Waals surface area contributed by atoms with E-state index in [1.54, 1.807) is 13.2 Å². The first-order chi connectivity index (χ1) is 17.1. The number of rotatable bonds is 3. The van der Waals surface area contributed by atoms with Crippen LogP contribution in [-0.4, -0.2) is 50.4 Å². The summed E-state index contributed by atoms with van der Waals surface area (Å²) in [7, 11) is 1.67. The van der Waals surface area contributed by atoms with Gasteiger partial charge in [-0.3, -0.25) is 4.40 Å². The largest absolute Gasteiger partial charge is 0.382 e. The normalized spacial score (nSPS) is 14.2. The number of nitrogens with one attached hydrogen (secondary N) is 2. The zero-order valence-electron chi connectivity index (χ0n) is 19.5. The summed E-state index contributed by atoms with van der Waals surface area (Å²) in [4.78, 5) is 27.0. The van der Waals surface area contributed by atoms with E-state index in [4.69, 9.17) is 10.7 Å². The molecule has 0 spiro atoms. The highest BCUT2D eigenvalue weighted by atomic mass is 16.2. The van der Waals surface area contributed by atoms with Crippen LogP contribution in [0, 0.1) is 0 Å². The van der Waals surface area contributed by atoms with Crippen molar-refractivity contribution in [1.29, 1.82) is 0 Å². The van der Waals surface area contributed by atoms with Crippen molar-refractivity contribution in [3.63, 3.8) is 0 Å². The van der Waals surface area contributed by atoms with E-state index in [-0.39, 0.29) is 19.4 Å². The van der Waals surface area contributed by atoms with Gasteiger partial charge in [0.2, 0.25) is 0 Å². The number of nitrogen functional groups attached to an aromatic ring is 1. The van der Waals surface area contributed by atoms with Crippen molar-refractivity contribution in [3.8, 4) is 22.5 Å². The average Bonchev–Trinajstić information content (AvgIpc) is 3.51. The van der Waals surface area contributed by atoms with Crippen LogP contribution in [0.25, 0.3) is 38.9 Å². The summed E-state index contributed by atoms with van der Waals surface area (Å²) >= 11 is 0. The third-order valence-corrected chi connectivity index (χ3v) is 6.97. The summed E-state index contributed by atoms with van der Waals surface area (Å²) in [5, 5.41) is 3.83. The molecule has 0 radical (unpaired) electrons. The number of hydrogen-bond donors (Lipinski definition) is 3. The lowest BCUT2D eigenvalue weighted by atomic mass is 9.96. The van der Waals surface area contributed by atoms with Crippen LogP contribution in [0.3, 0.4) is 0 Å². The molecule has 8 nitrogen and oxygen atoms in total. The Labute approximate surface area is 210 Å². The SMILES string of the molecule is C.CNC(=O)N1CCC(c2nc(-c3cc4cccc(-c5ccccc5)c4[nH]3)c3c(N)nccn23)CC1. The summed E-state index contributed by atoms with van der Waals surface area (Å²) in [5.74, 6) is 1.64. The monoisotopic (exact) mass is 481 g/mol. The van der Waals surface area contributed by atoms with Crippen molar-refractivity contribution in [2.24, 2.45) is 0 Å².